The van der Waals surface area contributed by atoms with Crippen molar-refractivity contribution in [2.75, 3.05) is 0 Å². The van der Waals surface area contributed by atoms with E-state index in [2.05, 4.69) is 15.9 Å². The second-order valence-electron chi connectivity index (χ2n) is 7.05. The number of hydrogen-bond donors (Lipinski definition) is 0. The number of carbonyl (C=O) groups is 3. The molecule has 1 saturated carbocycles. The van der Waals surface area contributed by atoms with Gasteiger partial charge in [0.2, 0.25) is 0 Å². The standard InChI is InChI=1S/C18H23BrO4/c1-4-7-17-11(5-2)15(19)13(9-12(17)10(3)20)18(16(17)22)8-6-14(21)23-18/h12-13H,4-9H2,1-3H3. The predicted molar refractivity (Wildman–Crippen MR) is 88.9 cm³/mol. The Balaban J connectivity index is 2.24. The first-order chi connectivity index (χ1) is 10.8. The van der Waals surface area contributed by atoms with Gasteiger partial charge in [-0.3, -0.25) is 14.4 Å². The lowest BCUT2D eigenvalue weighted by atomic mass is 9.46. The summed E-state index contributed by atoms with van der Waals surface area (Å²) in [5.41, 5.74) is -0.794. The SMILES string of the molecule is CCCC12C(=O)C3(CCC(=O)O3)C(CC1C(C)=O)C(Br)=C2CC. The Bertz CT molecular complexity index is 623. The monoisotopic (exact) mass is 382 g/mol. The number of ether oxygens (including phenoxy) is 1. The summed E-state index contributed by atoms with van der Waals surface area (Å²) in [5.74, 6) is -0.739. The van der Waals surface area contributed by atoms with Crippen LogP contribution in [0.25, 0.3) is 0 Å². The van der Waals surface area contributed by atoms with Gasteiger partial charge in [-0.25, -0.2) is 0 Å². The van der Waals surface area contributed by atoms with E-state index in [1.54, 1.807) is 6.92 Å². The number of allylic oxidation sites excluding steroid dienone is 1. The number of ketones is 2. The van der Waals surface area contributed by atoms with E-state index in [4.69, 9.17) is 4.74 Å². The van der Waals surface area contributed by atoms with Crippen LogP contribution in [0.15, 0.2) is 10.1 Å². The molecular formula is C18H23BrO4. The number of fused-ring (bicyclic) bond motifs is 1. The van der Waals surface area contributed by atoms with Gasteiger partial charge in [-0.05, 0) is 31.8 Å². The third kappa shape index (κ3) is 1.98. The summed E-state index contributed by atoms with van der Waals surface area (Å²) < 4.78 is 6.63. The second kappa shape index (κ2) is 5.54. The van der Waals surface area contributed by atoms with E-state index in [1.165, 1.54) is 0 Å². The maximum Gasteiger partial charge on any atom is 0.306 e. The van der Waals surface area contributed by atoms with Gasteiger partial charge in [-0.1, -0.05) is 36.2 Å². The Kier molecular flexibility index (Phi) is 4.06. The van der Waals surface area contributed by atoms with Crippen molar-refractivity contribution in [3.8, 4) is 0 Å². The molecule has 0 aromatic heterocycles. The van der Waals surface area contributed by atoms with Gasteiger partial charge in [0.1, 0.15) is 5.78 Å². The topological polar surface area (TPSA) is 60.4 Å². The normalized spacial score (nSPS) is 39.3. The molecule has 5 heteroatoms. The van der Waals surface area contributed by atoms with Crippen molar-refractivity contribution in [1.82, 2.24) is 0 Å². The first-order valence-electron chi connectivity index (χ1n) is 8.51. The summed E-state index contributed by atoms with van der Waals surface area (Å²) in [5, 5.41) is 0. The summed E-state index contributed by atoms with van der Waals surface area (Å²) in [4.78, 5) is 37.8. The van der Waals surface area contributed by atoms with Crippen molar-refractivity contribution in [3.05, 3.63) is 10.1 Å². The van der Waals surface area contributed by atoms with Gasteiger partial charge in [0, 0.05) is 29.2 Å². The lowest BCUT2D eigenvalue weighted by molar-refractivity contribution is -0.179. The fourth-order valence-electron chi connectivity index (χ4n) is 5.23. The molecule has 1 spiro atoms. The van der Waals surface area contributed by atoms with Crippen molar-refractivity contribution in [2.24, 2.45) is 17.3 Å². The Morgan fingerprint density at radius 3 is 2.52 bits per heavy atom. The molecule has 126 valence electrons. The molecule has 4 rings (SSSR count). The summed E-state index contributed by atoms with van der Waals surface area (Å²) in [6, 6.07) is 0. The maximum atomic E-state index is 13.6. The molecule has 0 aromatic carbocycles. The molecule has 2 fully saturated rings. The predicted octanol–water partition coefficient (Wildman–Crippen LogP) is 3.72. The lowest BCUT2D eigenvalue weighted by Gasteiger charge is -2.57. The van der Waals surface area contributed by atoms with E-state index in [9.17, 15) is 14.4 Å². The third-order valence-electron chi connectivity index (χ3n) is 6.04. The van der Waals surface area contributed by atoms with Crippen LogP contribution >= 0.6 is 15.9 Å². The summed E-state index contributed by atoms with van der Waals surface area (Å²) in [6.07, 6.45) is 3.51. The van der Waals surface area contributed by atoms with E-state index in [0.29, 0.717) is 19.3 Å². The molecule has 1 aliphatic heterocycles. The van der Waals surface area contributed by atoms with Crippen molar-refractivity contribution >= 4 is 33.5 Å². The highest BCUT2D eigenvalue weighted by Gasteiger charge is 2.70. The van der Waals surface area contributed by atoms with E-state index in [1.807, 2.05) is 13.8 Å². The van der Waals surface area contributed by atoms with Crippen molar-refractivity contribution in [2.45, 2.75) is 64.9 Å². The van der Waals surface area contributed by atoms with E-state index >= 15 is 0 Å². The molecule has 1 saturated heterocycles. The Hall–Kier alpha value is -0.970. The second-order valence-corrected chi connectivity index (χ2v) is 7.90. The van der Waals surface area contributed by atoms with Crippen LogP contribution in [0, 0.1) is 17.3 Å². The zero-order valence-electron chi connectivity index (χ0n) is 13.9. The molecule has 3 aliphatic carbocycles. The number of esters is 1. The Labute approximate surface area is 145 Å². The molecule has 4 aliphatic rings. The summed E-state index contributed by atoms with van der Waals surface area (Å²) in [6.45, 7) is 5.66. The zero-order valence-corrected chi connectivity index (χ0v) is 15.5. The van der Waals surface area contributed by atoms with Crippen LogP contribution < -0.4 is 0 Å². The largest absolute Gasteiger partial charge is 0.450 e. The van der Waals surface area contributed by atoms with E-state index in [-0.39, 0.29) is 35.8 Å². The zero-order chi connectivity index (χ0) is 17.0. The van der Waals surface area contributed by atoms with Gasteiger partial charge in [0.05, 0.1) is 5.41 Å². The molecule has 0 radical (unpaired) electrons. The molecule has 4 unspecified atom stereocenters. The highest BCUT2D eigenvalue weighted by Crippen LogP contribution is 2.65. The van der Waals surface area contributed by atoms with Crippen LogP contribution in [-0.2, 0) is 19.1 Å². The fourth-order valence-corrected chi connectivity index (χ4v) is 6.42. The van der Waals surface area contributed by atoms with Crippen LogP contribution in [-0.4, -0.2) is 23.1 Å². The third-order valence-corrected chi connectivity index (χ3v) is 7.07. The van der Waals surface area contributed by atoms with Gasteiger partial charge in [-0.2, -0.15) is 0 Å². The quantitative estimate of drug-likeness (QED) is 0.695. The average Bonchev–Trinajstić information content (AvgIpc) is 2.87. The van der Waals surface area contributed by atoms with E-state index in [0.717, 1.165) is 22.9 Å². The van der Waals surface area contributed by atoms with Gasteiger partial charge < -0.3 is 4.74 Å². The first kappa shape index (κ1) is 16.9. The number of Topliss-reactive ketones (excluding diaryl/α,β-unsaturated/α-hetero) is 2. The minimum atomic E-state index is -1.05. The van der Waals surface area contributed by atoms with Crippen LogP contribution in [0.4, 0.5) is 0 Å². The molecule has 23 heavy (non-hydrogen) atoms. The number of hydrogen-bond acceptors (Lipinski definition) is 4. The molecule has 1 heterocycles. The molecule has 0 aromatic rings. The molecule has 0 N–H and O–H groups in total. The number of carbonyl (C=O) groups excluding carboxylic acids is 3. The van der Waals surface area contributed by atoms with Crippen molar-refractivity contribution in [3.63, 3.8) is 0 Å². The Morgan fingerprint density at radius 1 is 1.35 bits per heavy atom. The van der Waals surface area contributed by atoms with Crippen molar-refractivity contribution in [1.29, 1.82) is 0 Å². The number of rotatable bonds is 4. The smallest absolute Gasteiger partial charge is 0.306 e. The molecule has 0 amide bonds. The first-order valence-corrected chi connectivity index (χ1v) is 9.30. The molecule has 4 nitrogen and oxygen atoms in total. The van der Waals surface area contributed by atoms with Crippen LogP contribution in [0.5, 0.6) is 0 Å². The maximum absolute atomic E-state index is 13.6. The summed E-state index contributed by atoms with van der Waals surface area (Å²) in [7, 11) is 0. The minimum Gasteiger partial charge on any atom is -0.450 e. The van der Waals surface area contributed by atoms with Gasteiger partial charge in [0.15, 0.2) is 11.4 Å². The minimum absolute atomic E-state index is 0.0193. The Morgan fingerprint density at radius 2 is 2.04 bits per heavy atom. The highest BCUT2D eigenvalue weighted by atomic mass is 79.9. The molecule has 4 atom stereocenters. The van der Waals surface area contributed by atoms with Crippen LogP contribution in [0.1, 0.15) is 59.3 Å². The van der Waals surface area contributed by atoms with Crippen LogP contribution in [0.2, 0.25) is 0 Å². The molecular weight excluding hydrogens is 360 g/mol. The van der Waals surface area contributed by atoms with Crippen molar-refractivity contribution < 1.29 is 19.1 Å². The van der Waals surface area contributed by atoms with Gasteiger partial charge in [-0.15, -0.1) is 0 Å². The van der Waals surface area contributed by atoms with E-state index < -0.39 is 11.0 Å². The average molecular weight is 383 g/mol. The van der Waals surface area contributed by atoms with Gasteiger partial charge >= 0.3 is 5.97 Å². The number of halogens is 1. The van der Waals surface area contributed by atoms with Crippen LogP contribution in [0.3, 0.4) is 0 Å². The van der Waals surface area contributed by atoms with Gasteiger partial charge in [0.25, 0.3) is 0 Å². The summed E-state index contributed by atoms with van der Waals surface area (Å²) >= 11 is 3.71. The highest BCUT2D eigenvalue weighted by molar-refractivity contribution is 9.11. The fraction of sp³-hybridized carbons (Fsp3) is 0.722. The lowest BCUT2D eigenvalue weighted by Crippen LogP contribution is -2.65. The molecule has 2 bridgehead atoms.